The average molecular weight is 381 g/mol. The largest absolute Gasteiger partial charge is 0.507 e. The molecule has 0 aliphatic rings. The number of thiophene rings is 1. The van der Waals surface area contributed by atoms with E-state index in [0.29, 0.717) is 13.0 Å². The molecular formula is C20H19N3O3S. The number of anilines is 1. The summed E-state index contributed by atoms with van der Waals surface area (Å²) >= 11 is 1.57. The Bertz CT molecular complexity index is 902. The van der Waals surface area contributed by atoms with Crippen molar-refractivity contribution in [2.45, 2.75) is 6.42 Å². The number of amides is 1. The molecule has 0 fully saturated rings. The number of phenolic OH excluding ortho intramolecular Hbond substituents is 2. The van der Waals surface area contributed by atoms with Crippen molar-refractivity contribution in [2.75, 3.05) is 11.9 Å². The third kappa shape index (κ3) is 5.08. The standard InChI is InChI=1S/C20H19N3O3S/c24-16-3-1-4-17(25)19(16)20(26)21-11-10-14-6-8-15(9-7-14)22-13-23-18-5-2-12-27-18/h1-9,12-13,24-25H,10-11H2,(H,21,26)(H,22,23). The summed E-state index contributed by atoms with van der Waals surface area (Å²) in [6.45, 7) is 0.388. The van der Waals surface area contributed by atoms with Crippen LogP contribution in [0.4, 0.5) is 10.7 Å². The molecule has 4 N–H and O–H groups in total. The Labute approximate surface area is 160 Å². The second-order valence-corrected chi connectivity index (χ2v) is 6.65. The Balaban J connectivity index is 1.48. The van der Waals surface area contributed by atoms with Gasteiger partial charge in [0, 0.05) is 12.2 Å². The van der Waals surface area contributed by atoms with Crippen LogP contribution >= 0.6 is 11.3 Å². The van der Waals surface area contributed by atoms with Crippen molar-refractivity contribution in [3.8, 4) is 11.5 Å². The van der Waals surface area contributed by atoms with Crippen LogP contribution in [0.3, 0.4) is 0 Å². The first-order valence-electron chi connectivity index (χ1n) is 8.34. The van der Waals surface area contributed by atoms with E-state index in [4.69, 9.17) is 0 Å². The minimum atomic E-state index is -0.506. The minimum absolute atomic E-state index is 0.109. The summed E-state index contributed by atoms with van der Waals surface area (Å²) in [7, 11) is 0. The summed E-state index contributed by atoms with van der Waals surface area (Å²) in [6.07, 6.45) is 2.28. The van der Waals surface area contributed by atoms with Gasteiger partial charge < -0.3 is 20.8 Å². The number of rotatable bonds is 7. The first-order valence-corrected chi connectivity index (χ1v) is 9.22. The summed E-state index contributed by atoms with van der Waals surface area (Å²) in [5.41, 5.74) is 1.86. The van der Waals surface area contributed by atoms with Crippen molar-refractivity contribution in [2.24, 2.45) is 4.99 Å². The number of aliphatic imine (C=N–C) groups is 1. The third-order valence-electron chi connectivity index (χ3n) is 3.83. The van der Waals surface area contributed by atoms with Crippen molar-refractivity contribution in [3.05, 3.63) is 71.1 Å². The van der Waals surface area contributed by atoms with E-state index in [1.807, 2.05) is 41.8 Å². The van der Waals surface area contributed by atoms with Crippen molar-refractivity contribution in [1.29, 1.82) is 0 Å². The van der Waals surface area contributed by atoms with E-state index < -0.39 is 5.91 Å². The number of carbonyl (C=O) groups is 1. The number of nitrogens with one attached hydrogen (secondary N) is 2. The Hall–Kier alpha value is -3.32. The Morgan fingerprint density at radius 1 is 1.04 bits per heavy atom. The van der Waals surface area contributed by atoms with Crippen molar-refractivity contribution in [1.82, 2.24) is 5.32 Å². The van der Waals surface area contributed by atoms with Gasteiger partial charge in [-0.25, -0.2) is 4.99 Å². The van der Waals surface area contributed by atoms with Gasteiger partial charge in [-0.15, -0.1) is 11.3 Å². The summed E-state index contributed by atoms with van der Waals surface area (Å²) < 4.78 is 0. The van der Waals surface area contributed by atoms with E-state index in [2.05, 4.69) is 15.6 Å². The molecule has 138 valence electrons. The Kier molecular flexibility index (Phi) is 6.06. The second kappa shape index (κ2) is 8.86. The molecular weight excluding hydrogens is 362 g/mol. The van der Waals surface area contributed by atoms with Crippen molar-refractivity contribution >= 4 is 34.3 Å². The zero-order valence-electron chi connectivity index (χ0n) is 14.4. The molecule has 0 unspecified atom stereocenters. The van der Waals surface area contributed by atoms with Gasteiger partial charge in [0.25, 0.3) is 5.91 Å². The predicted octanol–water partition coefficient (Wildman–Crippen LogP) is 3.90. The lowest BCUT2D eigenvalue weighted by atomic mass is 10.1. The highest BCUT2D eigenvalue weighted by Crippen LogP contribution is 2.25. The molecule has 2 aromatic carbocycles. The molecule has 0 saturated carbocycles. The van der Waals surface area contributed by atoms with E-state index in [1.54, 1.807) is 17.7 Å². The van der Waals surface area contributed by atoms with Crippen LogP contribution < -0.4 is 10.6 Å². The molecule has 0 aliphatic heterocycles. The summed E-state index contributed by atoms with van der Waals surface area (Å²) in [4.78, 5) is 16.4. The maximum absolute atomic E-state index is 12.1. The molecule has 0 bridgehead atoms. The molecule has 6 nitrogen and oxygen atoms in total. The number of carbonyl (C=O) groups excluding carboxylic acids is 1. The molecule has 0 aliphatic carbocycles. The summed E-state index contributed by atoms with van der Waals surface area (Å²) in [5, 5.41) is 28.1. The molecule has 0 saturated heterocycles. The van der Waals surface area contributed by atoms with E-state index >= 15 is 0 Å². The lowest BCUT2D eigenvalue weighted by Crippen LogP contribution is -2.25. The molecule has 1 amide bonds. The van der Waals surface area contributed by atoms with Crippen molar-refractivity contribution in [3.63, 3.8) is 0 Å². The van der Waals surface area contributed by atoms with E-state index in [-0.39, 0.29) is 17.1 Å². The Morgan fingerprint density at radius 2 is 1.78 bits per heavy atom. The molecule has 0 radical (unpaired) electrons. The topological polar surface area (TPSA) is 94.0 Å². The van der Waals surface area contributed by atoms with Crippen LogP contribution in [0.15, 0.2) is 65.0 Å². The van der Waals surface area contributed by atoms with E-state index in [0.717, 1.165) is 16.3 Å². The first-order chi connectivity index (χ1) is 13.1. The van der Waals surface area contributed by atoms with E-state index in [1.165, 1.54) is 18.2 Å². The lowest BCUT2D eigenvalue weighted by Gasteiger charge is -2.09. The number of benzene rings is 2. The highest BCUT2D eigenvalue weighted by Gasteiger charge is 2.15. The second-order valence-electron chi connectivity index (χ2n) is 5.73. The molecule has 27 heavy (non-hydrogen) atoms. The molecule has 3 rings (SSSR count). The third-order valence-corrected chi connectivity index (χ3v) is 4.61. The van der Waals surface area contributed by atoms with Crippen LogP contribution in [0.5, 0.6) is 11.5 Å². The zero-order valence-corrected chi connectivity index (χ0v) is 15.2. The smallest absolute Gasteiger partial charge is 0.258 e. The number of phenols is 2. The molecule has 0 spiro atoms. The van der Waals surface area contributed by atoms with Crippen LogP contribution in [0.2, 0.25) is 0 Å². The highest BCUT2D eigenvalue weighted by atomic mass is 32.1. The van der Waals surface area contributed by atoms with Gasteiger partial charge in [-0.1, -0.05) is 18.2 Å². The van der Waals surface area contributed by atoms with Crippen LogP contribution in [-0.2, 0) is 6.42 Å². The molecule has 1 heterocycles. The van der Waals surface area contributed by atoms with Gasteiger partial charge in [0.15, 0.2) is 0 Å². The van der Waals surface area contributed by atoms with Gasteiger partial charge in [-0.05, 0) is 53.8 Å². The number of aromatic hydroxyl groups is 2. The van der Waals surface area contributed by atoms with Crippen LogP contribution in [0.1, 0.15) is 15.9 Å². The highest BCUT2D eigenvalue weighted by molar-refractivity contribution is 7.13. The molecule has 1 aromatic heterocycles. The fourth-order valence-electron chi connectivity index (χ4n) is 2.45. The fourth-order valence-corrected chi connectivity index (χ4v) is 3.02. The van der Waals surface area contributed by atoms with Crippen LogP contribution in [0.25, 0.3) is 0 Å². The van der Waals surface area contributed by atoms with Gasteiger partial charge in [0.1, 0.15) is 22.1 Å². The average Bonchev–Trinajstić information content (AvgIpc) is 3.16. The number of hydrogen-bond acceptors (Lipinski definition) is 5. The van der Waals surface area contributed by atoms with Gasteiger partial charge in [0.2, 0.25) is 0 Å². The lowest BCUT2D eigenvalue weighted by molar-refractivity contribution is 0.0948. The fraction of sp³-hybridized carbons (Fsp3) is 0.100. The van der Waals surface area contributed by atoms with Gasteiger partial charge in [0.05, 0.1) is 6.34 Å². The molecule has 3 aromatic rings. The molecule has 7 heteroatoms. The predicted molar refractivity (Wildman–Crippen MR) is 108 cm³/mol. The number of hydrogen-bond donors (Lipinski definition) is 4. The SMILES string of the molecule is O=C(NCCc1ccc(N/C=N/c2cccs2)cc1)c1c(O)cccc1O. The number of nitrogens with zero attached hydrogens (tertiary/aromatic N) is 1. The maximum Gasteiger partial charge on any atom is 0.258 e. The quantitative estimate of drug-likeness (QED) is 0.369. The molecule has 0 atom stereocenters. The van der Waals surface area contributed by atoms with Crippen molar-refractivity contribution < 1.29 is 15.0 Å². The van der Waals surface area contributed by atoms with Crippen LogP contribution in [0, 0.1) is 0 Å². The normalized spacial score (nSPS) is 10.8. The van der Waals surface area contributed by atoms with Crippen LogP contribution in [-0.4, -0.2) is 29.0 Å². The first kappa shape index (κ1) is 18.5. The summed E-state index contributed by atoms with van der Waals surface area (Å²) in [6, 6.07) is 15.9. The zero-order chi connectivity index (χ0) is 19.1. The minimum Gasteiger partial charge on any atom is -0.507 e. The van der Waals surface area contributed by atoms with Gasteiger partial charge >= 0.3 is 0 Å². The van der Waals surface area contributed by atoms with E-state index in [9.17, 15) is 15.0 Å². The monoisotopic (exact) mass is 381 g/mol. The van der Waals surface area contributed by atoms with Gasteiger partial charge in [-0.3, -0.25) is 4.79 Å². The Morgan fingerprint density at radius 3 is 2.44 bits per heavy atom. The summed E-state index contributed by atoms with van der Waals surface area (Å²) in [5.74, 6) is -0.993. The maximum atomic E-state index is 12.1. The van der Waals surface area contributed by atoms with Gasteiger partial charge in [-0.2, -0.15) is 0 Å².